The van der Waals surface area contributed by atoms with E-state index in [9.17, 15) is 8.42 Å². The Morgan fingerprint density at radius 1 is 1.32 bits per heavy atom. The molecule has 25 heavy (non-hydrogen) atoms. The van der Waals surface area contributed by atoms with Crippen LogP contribution in [0.4, 0.5) is 5.69 Å². The predicted octanol–water partition coefficient (Wildman–Crippen LogP) is 1.22. The van der Waals surface area contributed by atoms with Gasteiger partial charge in [0.05, 0.1) is 30.2 Å². The van der Waals surface area contributed by atoms with Gasteiger partial charge in [0.25, 0.3) is 0 Å². The first-order chi connectivity index (χ1) is 12.0. The Kier molecular flexibility index (Phi) is 4.04. The number of rotatable bonds is 4. The van der Waals surface area contributed by atoms with E-state index in [2.05, 4.69) is 35.2 Å². The van der Waals surface area contributed by atoms with Crippen LogP contribution in [0.5, 0.6) is 0 Å². The Hall–Kier alpha value is -1.93. The van der Waals surface area contributed by atoms with E-state index in [0.29, 0.717) is 6.54 Å². The molecule has 1 aromatic carbocycles. The molecule has 1 aromatic heterocycles. The molecule has 0 saturated carbocycles. The van der Waals surface area contributed by atoms with Crippen LogP contribution in [0.15, 0.2) is 30.6 Å². The van der Waals surface area contributed by atoms with Crippen molar-refractivity contribution in [1.29, 1.82) is 0 Å². The summed E-state index contributed by atoms with van der Waals surface area (Å²) in [5.74, 6) is 0.276. The van der Waals surface area contributed by atoms with Crippen molar-refractivity contribution in [2.45, 2.75) is 31.8 Å². The Labute approximate surface area is 148 Å². The zero-order chi connectivity index (χ0) is 17.6. The van der Waals surface area contributed by atoms with Gasteiger partial charge in [-0.3, -0.25) is 8.99 Å². The highest BCUT2D eigenvalue weighted by Gasteiger charge is 2.45. The molecule has 2 unspecified atom stereocenters. The molecule has 8 heteroatoms. The summed E-state index contributed by atoms with van der Waals surface area (Å²) in [7, 11) is -1.32. The summed E-state index contributed by atoms with van der Waals surface area (Å²) in [6.45, 7) is 4.19. The molecule has 2 aromatic rings. The summed E-state index contributed by atoms with van der Waals surface area (Å²) in [5.41, 5.74) is 3.20. The van der Waals surface area contributed by atoms with Gasteiger partial charge < -0.3 is 4.90 Å². The second-order valence-electron chi connectivity index (χ2n) is 7.06. The summed E-state index contributed by atoms with van der Waals surface area (Å²) in [5, 5.41) is 7.61. The van der Waals surface area contributed by atoms with Crippen LogP contribution >= 0.6 is 0 Å². The summed E-state index contributed by atoms with van der Waals surface area (Å²) >= 11 is 0. The van der Waals surface area contributed by atoms with E-state index in [1.54, 1.807) is 21.4 Å². The van der Waals surface area contributed by atoms with Crippen molar-refractivity contribution in [3.8, 4) is 0 Å². The lowest BCUT2D eigenvalue weighted by molar-refractivity contribution is 0.237. The largest absolute Gasteiger partial charge is 0.306 e. The molecule has 0 radical (unpaired) electrons. The molecule has 2 atom stereocenters. The quantitative estimate of drug-likeness (QED) is 0.819. The van der Waals surface area contributed by atoms with Crippen molar-refractivity contribution >= 4 is 15.7 Å². The molecule has 4 rings (SSSR count). The SMILES string of the molecule is Cc1ccc2c(c1)C1CN(C)CCC1N2S(=O)(=O)CCn1ccnn1. The molecule has 0 aliphatic carbocycles. The van der Waals surface area contributed by atoms with E-state index in [1.165, 1.54) is 11.1 Å². The molecule has 7 nitrogen and oxygen atoms in total. The fourth-order valence-electron chi connectivity index (χ4n) is 4.05. The highest BCUT2D eigenvalue weighted by Crippen LogP contribution is 2.46. The number of likely N-dealkylation sites (tertiary alicyclic amines) is 1. The van der Waals surface area contributed by atoms with E-state index in [1.807, 2.05) is 12.1 Å². The molecule has 0 N–H and O–H groups in total. The second-order valence-corrected chi connectivity index (χ2v) is 9.03. The average molecular weight is 361 g/mol. The monoisotopic (exact) mass is 361 g/mol. The molecule has 134 valence electrons. The lowest BCUT2D eigenvalue weighted by Gasteiger charge is -2.36. The smallest absolute Gasteiger partial charge is 0.237 e. The van der Waals surface area contributed by atoms with Gasteiger partial charge >= 0.3 is 0 Å². The van der Waals surface area contributed by atoms with Gasteiger partial charge in [0, 0.05) is 18.7 Å². The lowest BCUT2D eigenvalue weighted by atomic mass is 9.89. The normalized spacial score (nSPS) is 23.5. The number of nitrogens with zero attached hydrogens (tertiary/aromatic N) is 5. The van der Waals surface area contributed by atoms with Gasteiger partial charge in [0.2, 0.25) is 10.0 Å². The summed E-state index contributed by atoms with van der Waals surface area (Å²) in [4.78, 5) is 2.29. The number of likely N-dealkylation sites (N-methyl/N-ethyl adjacent to an activating group) is 1. The van der Waals surface area contributed by atoms with Gasteiger partial charge in [-0.05, 0) is 38.6 Å². The Morgan fingerprint density at radius 3 is 2.92 bits per heavy atom. The number of aromatic nitrogens is 3. The van der Waals surface area contributed by atoms with Crippen LogP contribution in [0, 0.1) is 6.92 Å². The van der Waals surface area contributed by atoms with E-state index >= 15 is 0 Å². The van der Waals surface area contributed by atoms with Gasteiger partial charge in [-0.2, -0.15) is 0 Å². The summed E-state index contributed by atoms with van der Waals surface area (Å²) in [6, 6.07) is 6.14. The maximum Gasteiger partial charge on any atom is 0.237 e. The first-order valence-corrected chi connectivity index (χ1v) is 10.2. The lowest BCUT2D eigenvalue weighted by Crippen LogP contribution is -2.48. The zero-order valence-electron chi connectivity index (χ0n) is 14.5. The molecule has 1 saturated heterocycles. The van der Waals surface area contributed by atoms with Crippen LogP contribution in [-0.2, 0) is 16.6 Å². The maximum absolute atomic E-state index is 13.2. The maximum atomic E-state index is 13.2. The number of benzene rings is 1. The van der Waals surface area contributed by atoms with Crippen LogP contribution in [0.3, 0.4) is 0 Å². The van der Waals surface area contributed by atoms with Crippen LogP contribution < -0.4 is 4.31 Å². The van der Waals surface area contributed by atoms with Crippen molar-refractivity contribution in [2.75, 3.05) is 30.2 Å². The fraction of sp³-hybridized carbons (Fsp3) is 0.529. The standard InChI is InChI=1S/C17H23N5O2S/c1-13-3-4-16-14(11-13)15-12-20(2)7-5-17(15)22(16)25(23,24)10-9-21-8-6-18-19-21/h3-4,6,8,11,15,17H,5,7,9-10,12H2,1-2H3. The van der Waals surface area contributed by atoms with E-state index in [-0.39, 0.29) is 17.7 Å². The van der Waals surface area contributed by atoms with Gasteiger partial charge in [-0.15, -0.1) is 5.10 Å². The van der Waals surface area contributed by atoms with Crippen molar-refractivity contribution in [2.24, 2.45) is 0 Å². The van der Waals surface area contributed by atoms with Gasteiger partial charge in [0.15, 0.2) is 0 Å². The minimum absolute atomic E-state index is 0.0220. The van der Waals surface area contributed by atoms with Crippen molar-refractivity contribution in [3.63, 3.8) is 0 Å². The summed E-state index contributed by atoms with van der Waals surface area (Å²) < 4.78 is 29.6. The first kappa shape index (κ1) is 16.5. The van der Waals surface area contributed by atoms with E-state index < -0.39 is 10.0 Å². The Bertz CT molecular complexity index is 865. The number of anilines is 1. The number of hydrogen-bond donors (Lipinski definition) is 0. The Morgan fingerprint density at radius 2 is 2.16 bits per heavy atom. The predicted molar refractivity (Wildman–Crippen MR) is 96.1 cm³/mol. The molecule has 0 spiro atoms. The fourth-order valence-corrected chi connectivity index (χ4v) is 5.80. The van der Waals surface area contributed by atoms with Crippen LogP contribution in [-0.4, -0.2) is 60.2 Å². The zero-order valence-corrected chi connectivity index (χ0v) is 15.4. The van der Waals surface area contributed by atoms with Crippen molar-refractivity contribution in [3.05, 3.63) is 41.7 Å². The Balaban J connectivity index is 1.68. The van der Waals surface area contributed by atoms with E-state index in [4.69, 9.17) is 0 Å². The molecule has 3 heterocycles. The average Bonchev–Trinajstić information content (AvgIpc) is 3.19. The third-order valence-corrected chi connectivity index (χ3v) is 7.02. The van der Waals surface area contributed by atoms with E-state index in [0.717, 1.165) is 25.2 Å². The number of aryl methyl sites for hydroxylation is 2. The molecule has 0 amide bonds. The number of sulfonamides is 1. The van der Waals surface area contributed by atoms with Crippen LogP contribution in [0.1, 0.15) is 23.5 Å². The minimum Gasteiger partial charge on any atom is -0.306 e. The highest BCUT2D eigenvalue weighted by atomic mass is 32.2. The van der Waals surface area contributed by atoms with Gasteiger partial charge in [-0.25, -0.2) is 8.42 Å². The molecule has 1 fully saturated rings. The molecule has 2 aliphatic heterocycles. The third kappa shape index (κ3) is 2.93. The highest BCUT2D eigenvalue weighted by molar-refractivity contribution is 7.92. The first-order valence-electron chi connectivity index (χ1n) is 8.61. The number of piperidine rings is 1. The van der Waals surface area contributed by atoms with Gasteiger partial charge in [-0.1, -0.05) is 22.9 Å². The second kappa shape index (κ2) is 6.10. The van der Waals surface area contributed by atoms with Crippen molar-refractivity contribution in [1.82, 2.24) is 19.9 Å². The molecular formula is C17H23N5O2S. The van der Waals surface area contributed by atoms with Crippen LogP contribution in [0.25, 0.3) is 0 Å². The van der Waals surface area contributed by atoms with Gasteiger partial charge in [0.1, 0.15) is 0 Å². The topological polar surface area (TPSA) is 71.3 Å². The minimum atomic E-state index is -3.42. The number of fused-ring (bicyclic) bond motifs is 3. The molecular weight excluding hydrogens is 338 g/mol. The number of hydrogen-bond acceptors (Lipinski definition) is 5. The molecule has 2 aliphatic rings. The summed E-state index contributed by atoms with van der Waals surface area (Å²) in [6.07, 6.45) is 4.11. The van der Waals surface area contributed by atoms with Crippen molar-refractivity contribution < 1.29 is 8.42 Å². The van der Waals surface area contributed by atoms with Crippen LogP contribution in [0.2, 0.25) is 0 Å². The molecule has 0 bridgehead atoms. The third-order valence-electron chi connectivity index (χ3n) is 5.25.